The number of rotatable bonds is 4. The summed E-state index contributed by atoms with van der Waals surface area (Å²) in [6, 6.07) is 11.4. The van der Waals surface area contributed by atoms with Gasteiger partial charge in [-0.25, -0.2) is 0 Å². The van der Waals surface area contributed by atoms with Crippen LogP contribution >= 0.6 is 11.6 Å². The number of benzene rings is 2. The summed E-state index contributed by atoms with van der Waals surface area (Å²) in [7, 11) is 0. The van der Waals surface area contributed by atoms with E-state index in [1.165, 1.54) is 0 Å². The summed E-state index contributed by atoms with van der Waals surface area (Å²) in [4.78, 5) is 12.3. The first-order chi connectivity index (χ1) is 10.4. The number of carbonyl (C=O) groups is 1. The van der Waals surface area contributed by atoms with Crippen molar-refractivity contribution in [1.82, 2.24) is 0 Å². The molecule has 0 spiro atoms. The third-order valence-electron chi connectivity index (χ3n) is 3.35. The first-order valence-corrected chi connectivity index (χ1v) is 7.55. The van der Waals surface area contributed by atoms with Crippen LogP contribution in [0.25, 0.3) is 0 Å². The molecule has 0 bridgehead atoms. The Hall–Kier alpha value is -2.00. The minimum Gasteiger partial charge on any atom is -0.481 e. The van der Waals surface area contributed by atoms with E-state index >= 15 is 0 Å². The molecule has 0 aromatic heterocycles. The van der Waals surface area contributed by atoms with Crippen LogP contribution in [-0.4, -0.2) is 12.0 Å². The molecule has 2 rings (SSSR count). The highest BCUT2D eigenvalue weighted by Gasteiger charge is 2.17. The van der Waals surface area contributed by atoms with Gasteiger partial charge in [-0.15, -0.1) is 0 Å². The van der Waals surface area contributed by atoms with Gasteiger partial charge in [0.1, 0.15) is 5.75 Å². The lowest BCUT2D eigenvalue weighted by atomic mass is 10.1. The van der Waals surface area contributed by atoms with Crippen molar-refractivity contribution >= 4 is 23.2 Å². The predicted octanol–water partition coefficient (Wildman–Crippen LogP) is 4.67. The van der Waals surface area contributed by atoms with E-state index in [0.29, 0.717) is 16.5 Å². The van der Waals surface area contributed by atoms with Crippen molar-refractivity contribution in [2.75, 3.05) is 5.32 Å². The normalized spacial score (nSPS) is 11.9. The third-order valence-corrected chi connectivity index (χ3v) is 3.65. The summed E-state index contributed by atoms with van der Waals surface area (Å²) < 4.78 is 5.68. The maximum absolute atomic E-state index is 12.3. The van der Waals surface area contributed by atoms with Crippen molar-refractivity contribution in [3.05, 3.63) is 58.1 Å². The molecule has 1 N–H and O–H groups in total. The molecule has 0 saturated carbocycles. The monoisotopic (exact) mass is 317 g/mol. The van der Waals surface area contributed by atoms with E-state index in [1.54, 1.807) is 6.92 Å². The lowest BCUT2D eigenvalue weighted by molar-refractivity contribution is -0.122. The van der Waals surface area contributed by atoms with Gasteiger partial charge >= 0.3 is 0 Å². The van der Waals surface area contributed by atoms with Crippen molar-refractivity contribution in [1.29, 1.82) is 0 Å². The second-order valence-corrected chi connectivity index (χ2v) is 5.91. The number of anilines is 1. The zero-order chi connectivity index (χ0) is 16.3. The quantitative estimate of drug-likeness (QED) is 0.889. The van der Waals surface area contributed by atoms with Crippen LogP contribution < -0.4 is 10.1 Å². The van der Waals surface area contributed by atoms with Crippen LogP contribution in [0.15, 0.2) is 36.4 Å². The largest absolute Gasteiger partial charge is 0.481 e. The SMILES string of the molecule is Cc1cccc(O[C@@H](C)C(=O)Nc2c(C)cc(C)cc2Cl)c1. The first-order valence-electron chi connectivity index (χ1n) is 7.18. The van der Waals surface area contributed by atoms with Crippen LogP contribution in [0.3, 0.4) is 0 Å². The molecule has 0 aliphatic carbocycles. The van der Waals surface area contributed by atoms with E-state index in [1.807, 2.05) is 57.2 Å². The van der Waals surface area contributed by atoms with E-state index < -0.39 is 6.10 Å². The Morgan fingerprint density at radius 3 is 2.50 bits per heavy atom. The summed E-state index contributed by atoms with van der Waals surface area (Å²) in [6.45, 7) is 7.58. The van der Waals surface area contributed by atoms with E-state index in [4.69, 9.17) is 16.3 Å². The number of hydrogen-bond acceptors (Lipinski definition) is 2. The first kappa shape index (κ1) is 16.4. The van der Waals surface area contributed by atoms with Gasteiger partial charge in [0, 0.05) is 0 Å². The van der Waals surface area contributed by atoms with E-state index in [-0.39, 0.29) is 5.91 Å². The molecule has 1 atom stereocenters. The molecular formula is C18H20ClNO2. The number of halogens is 1. The molecule has 0 radical (unpaired) electrons. The zero-order valence-corrected chi connectivity index (χ0v) is 14.0. The third kappa shape index (κ3) is 4.01. The van der Waals surface area contributed by atoms with Crippen LogP contribution in [0.5, 0.6) is 5.75 Å². The highest BCUT2D eigenvalue weighted by molar-refractivity contribution is 6.34. The molecule has 0 unspecified atom stereocenters. The van der Waals surface area contributed by atoms with Crippen LogP contribution in [0, 0.1) is 20.8 Å². The lowest BCUT2D eigenvalue weighted by Gasteiger charge is -2.17. The standard InChI is InChI=1S/C18H20ClNO2/c1-11-6-5-7-15(9-11)22-14(4)18(21)20-17-13(3)8-12(2)10-16(17)19/h5-10,14H,1-4H3,(H,20,21)/t14-/m0/s1. The minimum atomic E-state index is -0.612. The molecule has 0 aliphatic rings. The smallest absolute Gasteiger partial charge is 0.265 e. The highest BCUT2D eigenvalue weighted by atomic mass is 35.5. The topological polar surface area (TPSA) is 38.3 Å². The van der Waals surface area contributed by atoms with E-state index in [9.17, 15) is 4.79 Å². The molecule has 116 valence electrons. The molecule has 2 aromatic rings. The Morgan fingerprint density at radius 1 is 1.14 bits per heavy atom. The molecule has 2 aromatic carbocycles. The summed E-state index contributed by atoms with van der Waals surface area (Å²) in [6.07, 6.45) is -0.612. The number of aryl methyl sites for hydroxylation is 3. The van der Waals surface area contributed by atoms with Crippen LogP contribution in [0.1, 0.15) is 23.6 Å². The molecule has 22 heavy (non-hydrogen) atoms. The van der Waals surface area contributed by atoms with Crippen molar-refractivity contribution in [3.8, 4) is 5.75 Å². The average molecular weight is 318 g/mol. The fourth-order valence-electron chi connectivity index (χ4n) is 2.25. The van der Waals surface area contributed by atoms with Crippen molar-refractivity contribution in [3.63, 3.8) is 0 Å². The number of carbonyl (C=O) groups excluding carboxylic acids is 1. The van der Waals surface area contributed by atoms with Gasteiger partial charge in [-0.3, -0.25) is 4.79 Å². The number of ether oxygens (including phenoxy) is 1. The van der Waals surface area contributed by atoms with Crippen molar-refractivity contribution in [2.24, 2.45) is 0 Å². The predicted molar refractivity (Wildman–Crippen MR) is 90.8 cm³/mol. The fraction of sp³-hybridized carbons (Fsp3) is 0.278. The minimum absolute atomic E-state index is 0.227. The molecule has 1 amide bonds. The average Bonchev–Trinajstić information content (AvgIpc) is 2.42. The highest BCUT2D eigenvalue weighted by Crippen LogP contribution is 2.27. The summed E-state index contributed by atoms with van der Waals surface area (Å²) in [5.41, 5.74) is 3.71. The number of nitrogens with one attached hydrogen (secondary N) is 1. The Kier molecular flexibility index (Phi) is 5.09. The molecule has 0 aliphatic heterocycles. The Labute approximate surface area is 136 Å². The van der Waals surface area contributed by atoms with Crippen molar-refractivity contribution < 1.29 is 9.53 Å². The van der Waals surface area contributed by atoms with Crippen LogP contribution in [-0.2, 0) is 4.79 Å². The van der Waals surface area contributed by atoms with Gasteiger partial charge in [0.25, 0.3) is 5.91 Å². The Balaban J connectivity index is 2.09. The van der Waals surface area contributed by atoms with Gasteiger partial charge in [-0.2, -0.15) is 0 Å². The van der Waals surface area contributed by atoms with Crippen molar-refractivity contribution in [2.45, 2.75) is 33.8 Å². The molecule has 4 heteroatoms. The van der Waals surface area contributed by atoms with Gasteiger partial charge in [-0.1, -0.05) is 29.8 Å². The maximum Gasteiger partial charge on any atom is 0.265 e. The lowest BCUT2D eigenvalue weighted by Crippen LogP contribution is -2.30. The summed E-state index contributed by atoms with van der Waals surface area (Å²) in [5, 5.41) is 3.38. The molecule has 3 nitrogen and oxygen atoms in total. The molecule has 0 fully saturated rings. The molecule has 0 heterocycles. The van der Waals surface area contributed by atoms with Gasteiger partial charge < -0.3 is 10.1 Å². The zero-order valence-electron chi connectivity index (χ0n) is 13.2. The van der Waals surface area contributed by atoms with Gasteiger partial charge in [-0.05, 0) is 62.6 Å². The second-order valence-electron chi connectivity index (χ2n) is 5.50. The molecular weight excluding hydrogens is 298 g/mol. The Bertz CT molecular complexity index is 674. The number of amides is 1. The molecule has 0 saturated heterocycles. The van der Waals surface area contributed by atoms with Crippen LogP contribution in [0.2, 0.25) is 5.02 Å². The summed E-state index contributed by atoms with van der Waals surface area (Å²) in [5.74, 6) is 0.449. The van der Waals surface area contributed by atoms with Crippen LogP contribution in [0.4, 0.5) is 5.69 Å². The number of hydrogen-bond donors (Lipinski definition) is 1. The van der Waals surface area contributed by atoms with Gasteiger partial charge in [0.2, 0.25) is 0 Å². The Morgan fingerprint density at radius 2 is 1.86 bits per heavy atom. The fourth-order valence-corrected chi connectivity index (χ4v) is 2.61. The summed E-state index contributed by atoms with van der Waals surface area (Å²) >= 11 is 6.21. The van der Waals surface area contributed by atoms with E-state index in [2.05, 4.69) is 5.32 Å². The van der Waals surface area contributed by atoms with Gasteiger partial charge in [0.15, 0.2) is 6.10 Å². The second kappa shape index (κ2) is 6.84. The maximum atomic E-state index is 12.3. The van der Waals surface area contributed by atoms with Gasteiger partial charge in [0.05, 0.1) is 10.7 Å². The van der Waals surface area contributed by atoms with E-state index in [0.717, 1.165) is 16.7 Å².